The number of hydrogen-bond acceptors (Lipinski definition) is 2. The Morgan fingerprint density at radius 3 is 3.10 bits per heavy atom. The Morgan fingerprint density at radius 1 is 1.45 bits per heavy atom. The van der Waals surface area contributed by atoms with Gasteiger partial charge in [-0.05, 0) is 0 Å². The molecule has 4 heteroatoms. The maximum absolute atomic E-state index is 13.8. The van der Waals surface area contributed by atoms with Gasteiger partial charge in [0.15, 0.2) is 0 Å². The Bertz CT molecular complexity index is 582. The van der Waals surface area contributed by atoms with Gasteiger partial charge in [-0.3, -0.25) is 0 Å². The van der Waals surface area contributed by atoms with Crippen molar-refractivity contribution in [3.63, 3.8) is 0 Å². The number of halogens is 1. The normalized spacial score (nSPS) is 25.4. The number of allylic oxidation sites excluding steroid dienone is 1. The minimum atomic E-state index is -0.899. The average Bonchev–Trinajstić information content (AvgIpc) is 3.08. The molecule has 1 fully saturated rings. The zero-order chi connectivity index (χ0) is 13.9. The van der Waals surface area contributed by atoms with Crippen LogP contribution in [0.1, 0.15) is 18.4 Å². The third kappa shape index (κ3) is 3.03. The zero-order valence-corrected chi connectivity index (χ0v) is 14.9. The summed E-state index contributed by atoms with van der Waals surface area (Å²) in [5, 5.41) is 0.576. The zero-order valence-electron chi connectivity index (χ0n) is 11.2. The van der Waals surface area contributed by atoms with Crippen molar-refractivity contribution < 1.29 is 4.39 Å². The second-order valence-corrected chi connectivity index (χ2v) is 10.1. The van der Waals surface area contributed by atoms with E-state index in [2.05, 4.69) is 11.6 Å². The van der Waals surface area contributed by atoms with E-state index in [-0.39, 0.29) is 5.82 Å². The fourth-order valence-corrected chi connectivity index (χ4v) is 8.39. The third-order valence-electron chi connectivity index (χ3n) is 3.65. The van der Waals surface area contributed by atoms with Gasteiger partial charge >= 0.3 is 134 Å². The molecule has 2 aliphatic heterocycles. The molecule has 0 aliphatic carbocycles. The number of benzene rings is 1. The Balaban J connectivity index is 1.65. The van der Waals surface area contributed by atoms with Crippen LogP contribution in [0, 0.1) is 11.7 Å². The standard InChI is InChI=1S/C16H16FNS.Sn/c1-2-5-13-10-15(19-12-13)11-18-9-8-14-6-3-4-7-16(14)17;/h2-4,6-7,9,13,15H,1,5,10,12H2;. The van der Waals surface area contributed by atoms with E-state index in [0.717, 1.165) is 17.9 Å². The van der Waals surface area contributed by atoms with E-state index in [1.165, 1.54) is 25.6 Å². The van der Waals surface area contributed by atoms with Gasteiger partial charge in [-0.15, -0.1) is 0 Å². The van der Waals surface area contributed by atoms with E-state index < -0.39 is 21.1 Å². The minimum absolute atomic E-state index is 0.111. The molecule has 2 unspecified atom stereocenters. The molecule has 0 bridgehead atoms. The average molecular weight is 392 g/mol. The van der Waals surface area contributed by atoms with Crippen molar-refractivity contribution in [3.05, 3.63) is 54.5 Å². The molecule has 2 atom stereocenters. The Labute approximate surface area is 133 Å². The molecule has 2 heterocycles. The van der Waals surface area contributed by atoms with Crippen molar-refractivity contribution in [2.24, 2.45) is 10.9 Å². The van der Waals surface area contributed by atoms with E-state index in [1.54, 1.807) is 6.07 Å². The van der Waals surface area contributed by atoms with Crippen LogP contribution in [0.5, 0.6) is 0 Å². The van der Waals surface area contributed by atoms with Crippen LogP contribution in [-0.4, -0.2) is 35.9 Å². The van der Waals surface area contributed by atoms with E-state index in [1.807, 2.05) is 36.2 Å². The predicted octanol–water partition coefficient (Wildman–Crippen LogP) is 3.94. The molecule has 1 saturated heterocycles. The molecular formula is C16H16FNSSn. The van der Waals surface area contributed by atoms with Crippen molar-refractivity contribution >= 4 is 40.2 Å². The number of hydrogen-bond donors (Lipinski definition) is 0. The molecule has 20 heavy (non-hydrogen) atoms. The van der Waals surface area contributed by atoms with Crippen molar-refractivity contribution in [2.45, 2.75) is 18.1 Å². The first-order valence-electron chi connectivity index (χ1n) is 6.80. The van der Waals surface area contributed by atoms with Crippen LogP contribution in [-0.2, 0) is 0 Å². The molecule has 2 radical (unpaired) electrons. The summed E-state index contributed by atoms with van der Waals surface area (Å²) in [5.41, 5.74) is 0.767. The summed E-state index contributed by atoms with van der Waals surface area (Å²) in [6, 6.07) is 7.07. The van der Waals surface area contributed by atoms with Crippen LogP contribution >= 0.6 is 11.8 Å². The Kier molecular flexibility index (Phi) is 4.66. The molecule has 0 aromatic heterocycles. The summed E-state index contributed by atoms with van der Waals surface area (Å²) >= 11 is 1.13. The quantitative estimate of drug-likeness (QED) is 0.559. The van der Waals surface area contributed by atoms with Gasteiger partial charge < -0.3 is 0 Å². The van der Waals surface area contributed by atoms with Gasteiger partial charge in [0.2, 0.25) is 0 Å². The summed E-state index contributed by atoms with van der Waals surface area (Å²) in [5.74, 6) is 1.85. The van der Waals surface area contributed by atoms with Gasteiger partial charge in [0, 0.05) is 0 Å². The molecular weight excluding hydrogens is 376 g/mol. The molecule has 102 valence electrons. The number of aliphatic imine (C=N–C) groups is 1. The first-order chi connectivity index (χ1) is 9.78. The van der Waals surface area contributed by atoms with Crippen molar-refractivity contribution in [1.29, 1.82) is 0 Å². The first kappa shape index (κ1) is 14.4. The number of nitrogens with zero attached hydrogens (tertiary/aromatic N) is 1. The molecule has 0 saturated carbocycles. The van der Waals surface area contributed by atoms with Crippen LogP contribution < -0.4 is 0 Å². The molecule has 1 nitrogen and oxygen atoms in total. The molecule has 2 aliphatic rings. The monoisotopic (exact) mass is 393 g/mol. The SMILES string of the molecule is C=CCC1CSC([C]2=NC=[C](c3ccccc3F)[Sn]2)C1. The Hall–Kier alpha value is -0.551. The third-order valence-corrected chi connectivity index (χ3v) is 9.72. The summed E-state index contributed by atoms with van der Waals surface area (Å²) in [4.78, 5) is 4.63. The van der Waals surface area contributed by atoms with E-state index >= 15 is 0 Å². The summed E-state index contributed by atoms with van der Waals surface area (Å²) < 4.78 is 16.4. The predicted molar refractivity (Wildman–Crippen MR) is 86.7 cm³/mol. The van der Waals surface area contributed by atoms with Gasteiger partial charge in [0.1, 0.15) is 0 Å². The molecule has 3 rings (SSSR count). The van der Waals surface area contributed by atoms with Gasteiger partial charge in [-0.1, -0.05) is 0 Å². The fourth-order valence-electron chi connectivity index (χ4n) is 2.60. The van der Waals surface area contributed by atoms with Gasteiger partial charge in [-0.25, -0.2) is 0 Å². The van der Waals surface area contributed by atoms with E-state index in [9.17, 15) is 4.39 Å². The van der Waals surface area contributed by atoms with Crippen LogP contribution in [0.2, 0.25) is 0 Å². The summed E-state index contributed by atoms with van der Waals surface area (Å²) in [7, 11) is 0. The van der Waals surface area contributed by atoms with E-state index in [4.69, 9.17) is 0 Å². The van der Waals surface area contributed by atoms with Crippen molar-refractivity contribution in [1.82, 2.24) is 0 Å². The molecule has 1 aromatic rings. The van der Waals surface area contributed by atoms with Gasteiger partial charge in [-0.2, -0.15) is 0 Å². The first-order valence-corrected chi connectivity index (χ1v) is 10.7. The second kappa shape index (κ2) is 6.48. The number of rotatable bonds is 4. The fraction of sp³-hybridized carbons (Fsp3) is 0.312. The molecule has 0 amide bonds. The number of thioether (sulfide) groups is 1. The van der Waals surface area contributed by atoms with Crippen molar-refractivity contribution in [2.75, 3.05) is 5.75 Å². The van der Waals surface area contributed by atoms with Gasteiger partial charge in [0.25, 0.3) is 0 Å². The van der Waals surface area contributed by atoms with Crippen LogP contribution in [0.25, 0.3) is 3.59 Å². The second-order valence-electron chi connectivity index (χ2n) is 5.11. The van der Waals surface area contributed by atoms with Gasteiger partial charge in [0.05, 0.1) is 0 Å². The van der Waals surface area contributed by atoms with Crippen LogP contribution in [0.15, 0.2) is 48.1 Å². The molecule has 1 aromatic carbocycles. The summed E-state index contributed by atoms with van der Waals surface area (Å²) in [6.07, 6.45) is 6.26. The molecule has 0 spiro atoms. The topological polar surface area (TPSA) is 12.4 Å². The molecule has 0 N–H and O–H groups in total. The maximum atomic E-state index is 13.8. The van der Waals surface area contributed by atoms with E-state index in [0.29, 0.717) is 5.25 Å². The van der Waals surface area contributed by atoms with Crippen molar-refractivity contribution in [3.8, 4) is 0 Å². The van der Waals surface area contributed by atoms with Crippen LogP contribution in [0.4, 0.5) is 4.39 Å². The summed E-state index contributed by atoms with van der Waals surface area (Å²) in [6.45, 7) is 3.83. The Morgan fingerprint density at radius 2 is 2.30 bits per heavy atom. The van der Waals surface area contributed by atoms with Crippen LogP contribution in [0.3, 0.4) is 0 Å².